The highest BCUT2D eigenvalue weighted by Crippen LogP contribution is 2.30. The van der Waals surface area contributed by atoms with Gasteiger partial charge < -0.3 is 10.3 Å². The van der Waals surface area contributed by atoms with Crippen LogP contribution in [0, 0.1) is 26.7 Å². The van der Waals surface area contributed by atoms with E-state index >= 15 is 0 Å². The maximum absolute atomic E-state index is 12.9. The van der Waals surface area contributed by atoms with Crippen LogP contribution < -0.4 is 10.9 Å². The van der Waals surface area contributed by atoms with Gasteiger partial charge >= 0.3 is 0 Å². The van der Waals surface area contributed by atoms with Crippen LogP contribution in [0.5, 0.6) is 0 Å². The number of aryl methyl sites for hydroxylation is 2. The monoisotopic (exact) mass is 444 g/mol. The van der Waals surface area contributed by atoms with Crippen molar-refractivity contribution in [1.82, 2.24) is 10.3 Å². The third-order valence-electron chi connectivity index (χ3n) is 5.88. The molecule has 0 bridgehead atoms. The van der Waals surface area contributed by atoms with Gasteiger partial charge in [0.05, 0.1) is 0 Å². The van der Waals surface area contributed by atoms with Gasteiger partial charge in [-0.15, -0.1) is 0 Å². The average molecular weight is 445 g/mol. The number of benzene rings is 1. The van der Waals surface area contributed by atoms with Gasteiger partial charge in [-0.2, -0.15) is 0 Å². The maximum atomic E-state index is 12.9. The molecule has 0 atom stereocenters. The van der Waals surface area contributed by atoms with Crippen molar-refractivity contribution in [3.8, 4) is 0 Å². The lowest BCUT2D eigenvalue weighted by Crippen LogP contribution is -2.28. The van der Waals surface area contributed by atoms with E-state index in [-0.39, 0.29) is 18.0 Å². The van der Waals surface area contributed by atoms with Gasteiger partial charge in [0.1, 0.15) is 0 Å². The van der Waals surface area contributed by atoms with Crippen molar-refractivity contribution < 1.29 is 4.79 Å². The van der Waals surface area contributed by atoms with Crippen molar-refractivity contribution in [3.63, 3.8) is 0 Å². The fourth-order valence-electron chi connectivity index (χ4n) is 4.25. The van der Waals surface area contributed by atoms with E-state index in [0.29, 0.717) is 17.0 Å². The van der Waals surface area contributed by atoms with Crippen molar-refractivity contribution in [2.75, 3.05) is 0 Å². The fraction of sp³-hybridized carbons (Fsp3) is 0.478. The molecule has 1 aliphatic carbocycles. The smallest absolute Gasteiger partial charge is 0.253 e. The first kappa shape index (κ1) is 20.8. The molecule has 1 heterocycles. The number of aromatic nitrogens is 1. The minimum absolute atomic E-state index is 0.136. The van der Waals surface area contributed by atoms with Crippen LogP contribution >= 0.6 is 15.9 Å². The lowest BCUT2D eigenvalue weighted by atomic mass is 9.83. The number of nitrogens with one attached hydrogen (secondary N) is 2. The molecule has 2 N–H and O–H groups in total. The van der Waals surface area contributed by atoms with E-state index < -0.39 is 0 Å². The minimum Gasteiger partial charge on any atom is -0.348 e. The Morgan fingerprint density at radius 2 is 1.86 bits per heavy atom. The molecule has 0 unspecified atom stereocenters. The van der Waals surface area contributed by atoms with Crippen LogP contribution in [0.25, 0.3) is 0 Å². The Hall–Kier alpha value is -1.88. The first-order valence-electron chi connectivity index (χ1n) is 10.1. The van der Waals surface area contributed by atoms with Gasteiger partial charge in [-0.1, -0.05) is 48.0 Å². The molecule has 0 spiro atoms. The lowest BCUT2D eigenvalue weighted by Gasteiger charge is -2.23. The van der Waals surface area contributed by atoms with Crippen molar-refractivity contribution in [2.45, 2.75) is 65.8 Å². The second-order valence-corrected chi connectivity index (χ2v) is 8.99. The van der Waals surface area contributed by atoms with E-state index in [1.165, 1.54) is 37.7 Å². The molecule has 1 aromatic heterocycles. The number of rotatable bonds is 5. The number of halogens is 1. The summed E-state index contributed by atoms with van der Waals surface area (Å²) in [6.07, 6.45) is 7.57. The number of H-pyrrole nitrogens is 1. The van der Waals surface area contributed by atoms with Crippen LogP contribution in [0.1, 0.15) is 70.4 Å². The third kappa shape index (κ3) is 4.93. The van der Waals surface area contributed by atoms with Gasteiger partial charge in [0.2, 0.25) is 0 Å². The van der Waals surface area contributed by atoms with E-state index in [0.717, 1.165) is 27.7 Å². The topological polar surface area (TPSA) is 62.0 Å². The number of carbonyl (C=O) groups excluding carboxylic acids is 1. The zero-order chi connectivity index (χ0) is 20.3. The Balaban J connectivity index is 1.77. The third-order valence-corrected chi connectivity index (χ3v) is 6.34. The van der Waals surface area contributed by atoms with Gasteiger partial charge in [-0.25, -0.2) is 0 Å². The molecule has 0 aliphatic heterocycles. The second-order valence-electron chi connectivity index (χ2n) is 8.07. The molecule has 28 heavy (non-hydrogen) atoms. The van der Waals surface area contributed by atoms with Crippen molar-refractivity contribution in [3.05, 3.63) is 66.5 Å². The molecular formula is C23H29BrN2O2. The summed E-state index contributed by atoms with van der Waals surface area (Å²) >= 11 is 3.57. The summed E-state index contributed by atoms with van der Waals surface area (Å²) in [5.74, 6) is 0.578. The Labute approximate surface area is 175 Å². The molecule has 1 aliphatic rings. The molecule has 1 amide bonds. The van der Waals surface area contributed by atoms with Crippen molar-refractivity contribution in [2.24, 2.45) is 5.92 Å². The van der Waals surface area contributed by atoms with Gasteiger partial charge in [0, 0.05) is 27.8 Å². The summed E-state index contributed by atoms with van der Waals surface area (Å²) < 4.78 is 0.929. The molecular weight excluding hydrogens is 416 g/mol. The summed E-state index contributed by atoms with van der Waals surface area (Å²) in [4.78, 5) is 27.9. The SMILES string of the molecule is Cc1cc(C)c(CNC(=O)c2cc(Br)cc(CC3CCCCC3)c2C)c(=O)[nH]1. The summed E-state index contributed by atoms with van der Waals surface area (Å²) in [5, 5.41) is 2.94. The number of aromatic amines is 1. The van der Waals surface area contributed by atoms with E-state index in [1.807, 2.05) is 32.9 Å². The molecule has 5 heteroatoms. The summed E-state index contributed by atoms with van der Waals surface area (Å²) in [6, 6.07) is 5.95. The van der Waals surface area contributed by atoms with Crippen LogP contribution in [-0.4, -0.2) is 10.9 Å². The van der Waals surface area contributed by atoms with Crippen molar-refractivity contribution >= 4 is 21.8 Å². The van der Waals surface area contributed by atoms with Crippen LogP contribution in [0.15, 0.2) is 27.5 Å². The summed E-state index contributed by atoms with van der Waals surface area (Å²) in [6.45, 7) is 6.01. The molecule has 2 aromatic rings. The van der Waals surface area contributed by atoms with E-state index in [9.17, 15) is 9.59 Å². The predicted molar refractivity (Wildman–Crippen MR) is 117 cm³/mol. The van der Waals surface area contributed by atoms with Crippen LogP contribution in [0.4, 0.5) is 0 Å². The molecule has 150 valence electrons. The molecule has 0 saturated heterocycles. The number of hydrogen-bond acceptors (Lipinski definition) is 2. The highest BCUT2D eigenvalue weighted by Gasteiger charge is 2.19. The molecule has 1 aromatic carbocycles. The first-order chi connectivity index (χ1) is 13.3. The largest absolute Gasteiger partial charge is 0.348 e. The van der Waals surface area contributed by atoms with Crippen LogP contribution in [0.2, 0.25) is 0 Å². The average Bonchev–Trinajstić information content (AvgIpc) is 2.64. The van der Waals surface area contributed by atoms with E-state index in [4.69, 9.17) is 0 Å². The maximum Gasteiger partial charge on any atom is 0.253 e. The van der Waals surface area contributed by atoms with Crippen LogP contribution in [-0.2, 0) is 13.0 Å². The number of hydrogen-bond donors (Lipinski definition) is 2. The normalized spacial score (nSPS) is 14.9. The molecule has 4 nitrogen and oxygen atoms in total. The fourth-order valence-corrected chi connectivity index (χ4v) is 4.76. The number of carbonyl (C=O) groups is 1. The van der Waals surface area contributed by atoms with E-state index in [1.54, 1.807) is 0 Å². The van der Waals surface area contributed by atoms with E-state index in [2.05, 4.69) is 32.3 Å². The lowest BCUT2D eigenvalue weighted by molar-refractivity contribution is 0.0950. The quantitative estimate of drug-likeness (QED) is 0.672. The predicted octanol–water partition coefficient (Wildman–Crippen LogP) is 5.12. The highest BCUT2D eigenvalue weighted by molar-refractivity contribution is 9.10. The van der Waals surface area contributed by atoms with Gasteiger partial charge in [0.15, 0.2) is 0 Å². The van der Waals surface area contributed by atoms with Gasteiger partial charge in [-0.3, -0.25) is 9.59 Å². The van der Waals surface area contributed by atoms with Gasteiger partial charge in [0.25, 0.3) is 11.5 Å². The number of amides is 1. The molecule has 1 saturated carbocycles. The number of pyridine rings is 1. The summed E-state index contributed by atoms with van der Waals surface area (Å²) in [5.41, 5.74) is 5.16. The highest BCUT2D eigenvalue weighted by atomic mass is 79.9. The molecule has 3 rings (SSSR count). The zero-order valence-corrected chi connectivity index (χ0v) is 18.5. The molecule has 1 fully saturated rings. The standard InChI is InChI=1S/C23H29BrN2O2/c1-14-9-15(2)26-23(28)21(14)13-25-22(27)20-12-19(24)11-18(16(20)3)10-17-7-5-4-6-8-17/h9,11-12,17H,4-8,10,13H2,1-3H3,(H,25,27)(H,26,28). The Morgan fingerprint density at radius 3 is 2.54 bits per heavy atom. The van der Waals surface area contributed by atoms with Crippen molar-refractivity contribution in [1.29, 1.82) is 0 Å². The summed E-state index contributed by atoms with van der Waals surface area (Å²) in [7, 11) is 0. The Morgan fingerprint density at radius 1 is 1.14 bits per heavy atom. The minimum atomic E-state index is -0.137. The van der Waals surface area contributed by atoms with Gasteiger partial charge in [-0.05, 0) is 68.0 Å². The molecule has 0 radical (unpaired) electrons. The second kappa shape index (κ2) is 9.08. The van der Waals surface area contributed by atoms with Crippen LogP contribution in [0.3, 0.4) is 0 Å². The Kier molecular flexibility index (Phi) is 6.76. The Bertz CT molecular complexity index is 927. The zero-order valence-electron chi connectivity index (χ0n) is 17.0. The first-order valence-corrected chi connectivity index (χ1v) is 10.9.